The highest BCUT2D eigenvalue weighted by Gasteiger charge is 2.64. The molecule has 19 heteroatoms. The van der Waals surface area contributed by atoms with Crippen molar-refractivity contribution >= 4 is 44.6 Å². The van der Waals surface area contributed by atoms with Crippen molar-refractivity contribution in [2.24, 2.45) is 17.8 Å². The summed E-state index contributed by atoms with van der Waals surface area (Å²) in [4.78, 5) is 62.9. The molecule has 1 aromatic carbocycles. The van der Waals surface area contributed by atoms with Gasteiger partial charge in [0, 0.05) is 30.8 Å². The molecule has 4 aliphatic rings. The van der Waals surface area contributed by atoms with Crippen LogP contribution >= 0.6 is 0 Å². The molecule has 0 unspecified atom stereocenters. The number of hydrogen-bond acceptors (Lipinski definition) is 10. The summed E-state index contributed by atoms with van der Waals surface area (Å²) in [5, 5.41) is 14.5. The number of pyridine rings is 1. The number of sulfonamides is 1. The van der Waals surface area contributed by atoms with E-state index in [1.54, 1.807) is 37.3 Å². The first-order valence-electron chi connectivity index (χ1n) is 20.1. The highest BCUT2D eigenvalue weighted by Crippen LogP contribution is 2.48. The zero-order valence-corrected chi connectivity index (χ0v) is 35.6. The van der Waals surface area contributed by atoms with E-state index in [4.69, 9.17) is 14.2 Å². The van der Waals surface area contributed by atoms with Crippen LogP contribution in [0.5, 0.6) is 17.4 Å². The number of halogens is 3. The van der Waals surface area contributed by atoms with E-state index in [1.165, 1.54) is 20.4 Å². The molecule has 7 atom stereocenters. The van der Waals surface area contributed by atoms with Crippen LogP contribution < -0.4 is 24.2 Å². The van der Waals surface area contributed by atoms with Crippen molar-refractivity contribution in [3.63, 3.8) is 0 Å². The Kier molecular flexibility index (Phi) is 12.1. The molecular formula is C41H54F3N5O10S. The number of ether oxygens (including phenoxy) is 3. The molecule has 4 amide bonds. The van der Waals surface area contributed by atoms with Gasteiger partial charge in [0.05, 0.1) is 20.8 Å². The van der Waals surface area contributed by atoms with Crippen molar-refractivity contribution in [2.75, 3.05) is 27.4 Å². The normalized spacial score (nSPS) is 28.3. The number of methoxy groups -OCH3 is 2. The molecule has 0 bridgehead atoms. The van der Waals surface area contributed by atoms with Crippen LogP contribution in [0.2, 0.25) is 0 Å². The van der Waals surface area contributed by atoms with Gasteiger partial charge >= 0.3 is 6.09 Å². The number of benzene rings is 1. The monoisotopic (exact) mass is 865 g/mol. The number of nitrogens with one attached hydrogen (secondary N) is 2. The molecule has 2 aliphatic carbocycles. The molecule has 1 aromatic heterocycles. The fraction of sp³-hybridized carbons (Fsp3) is 0.634. The van der Waals surface area contributed by atoms with E-state index in [9.17, 15) is 32.3 Å². The minimum absolute atomic E-state index is 0.00713. The molecule has 0 radical (unpaired) electrons. The van der Waals surface area contributed by atoms with E-state index >= 15 is 13.6 Å². The van der Waals surface area contributed by atoms with Gasteiger partial charge in [-0.05, 0) is 87.8 Å². The second-order valence-electron chi connectivity index (χ2n) is 17.4. The largest absolute Gasteiger partial charge is 0.493 e. The molecule has 330 valence electrons. The fourth-order valence-corrected chi connectivity index (χ4v) is 9.96. The lowest BCUT2D eigenvalue weighted by Gasteiger charge is -2.47. The van der Waals surface area contributed by atoms with Gasteiger partial charge < -0.3 is 29.5 Å². The van der Waals surface area contributed by atoms with E-state index < -0.39 is 92.3 Å². The first-order valence-corrected chi connectivity index (χ1v) is 21.5. The van der Waals surface area contributed by atoms with Crippen molar-refractivity contribution in [3.8, 4) is 17.4 Å². The third kappa shape index (κ3) is 8.17. The maximum atomic E-state index is 15.4. The summed E-state index contributed by atoms with van der Waals surface area (Å²) in [5.74, 6) is -7.25. The Hall–Kier alpha value is -4.81. The summed E-state index contributed by atoms with van der Waals surface area (Å²) in [6, 6.07) is 1.89. The van der Waals surface area contributed by atoms with E-state index in [1.807, 2.05) is 11.6 Å². The standard InChI is InChI=1S/C41H54F3N5O10S/c1-23-10-8-9-11-26-20-41(26,36(52)47-60(55,56)40(22-42)13-14-40)46-33(50)29-18-27(59-34-28-19-31(58-7)30(57-6)17-25(28)12-15-45-34)21-48(29)35(51)32(24(2)16-23)49(37(53)54)38(3,4)39(5,43)44/h9,11-12,15,17,19,23-24,26-27,29,32H,8,10,13-14,16,18,20-22H2,1-7H3,(H,46,50)(H,47,52)(H,53,54)/t23-,24+,26+,27+,29-,32-,41+/m0/s1. The van der Waals surface area contributed by atoms with Gasteiger partial charge in [-0.2, -0.15) is 0 Å². The van der Waals surface area contributed by atoms with Crippen molar-refractivity contribution in [3.05, 3.63) is 36.5 Å². The molecule has 3 heterocycles. The van der Waals surface area contributed by atoms with Crippen LogP contribution in [-0.4, -0.2) is 119 Å². The van der Waals surface area contributed by atoms with E-state index in [-0.39, 0.29) is 50.4 Å². The van der Waals surface area contributed by atoms with Crippen molar-refractivity contribution in [1.29, 1.82) is 0 Å². The number of carbonyl (C=O) groups excluding carboxylic acids is 3. The summed E-state index contributed by atoms with van der Waals surface area (Å²) in [7, 11) is -1.55. The van der Waals surface area contributed by atoms with Crippen LogP contribution in [0.15, 0.2) is 36.5 Å². The first-order chi connectivity index (χ1) is 28.1. The van der Waals surface area contributed by atoms with E-state index in [2.05, 4.69) is 10.3 Å². The molecule has 2 saturated carbocycles. The molecule has 0 spiro atoms. The third-order valence-corrected chi connectivity index (χ3v) is 15.0. The molecule has 1 saturated heterocycles. The maximum absolute atomic E-state index is 15.4. The second kappa shape index (κ2) is 16.2. The van der Waals surface area contributed by atoms with Crippen LogP contribution in [0.25, 0.3) is 10.8 Å². The number of rotatable bonds is 11. The van der Waals surface area contributed by atoms with Gasteiger partial charge in [-0.3, -0.25) is 24.0 Å². The summed E-state index contributed by atoms with van der Waals surface area (Å²) in [6.07, 6.45) is 3.31. The molecule has 3 fully saturated rings. The maximum Gasteiger partial charge on any atom is 0.408 e. The lowest BCUT2D eigenvalue weighted by atomic mass is 9.84. The molecule has 2 aliphatic heterocycles. The van der Waals surface area contributed by atoms with Crippen molar-refractivity contribution in [2.45, 2.75) is 119 Å². The van der Waals surface area contributed by atoms with Crippen LogP contribution in [0.3, 0.4) is 0 Å². The van der Waals surface area contributed by atoms with Gasteiger partial charge in [-0.25, -0.2) is 31.4 Å². The van der Waals surface area contributed by atoms with Gasteiger partial charge in [-0.15, -0.1) is 0 Å². The number of allylic oxidation sites excluding steroid dienone is 1. The number of carboxylic acid groups (broad SMARTS) is 1. The molecule has 2 aromatic rings. The Balaban J connectivity index is 1.43. The molecule has 60 heavy (non-hydrogen) atoms. The predicted octanol–water partition coefficient (Wildman–Crippen LogP) is 5.22. The van der Waals surface area contributed by atoms with Crippen LogP contribution in [0, 0.1) is 17.8 Å². The summed E-state index contributed by atoms with van der Waals surface area (Å²) in [6.45, 7) is 4.64. The number of nitrogens with zero attached hydrogens (tertiary/aromatic N) is 3. The van der Waals surface area contributed by atoms with Crippen molar-refractivity contribution < 1.29 is 60.1 Å². The number of aromatic nitrogens is 1. The summed E-state index contributed by atoms with van der Waals surface area (Å²) >= 11 is 0. The topological polar surface area (TPSA) is 194 Å². The minimum Gasteiger partial charge on any atom is -0.493 e. The molecule has 15 nitrogen and oxygen atoms in total. The van der Waals surface area contributed by atoms with Gasteiger partial charge in [0.15, 0.2) is 11.5 Å². The van der Waals surface area contributed by atoms with Crippen molar-refractivity contribution in [1.82, 2.24) is 24.8 Å². The van der Waals surface area contributed by atoms with Crippen LogP contribution in [0.1, 0.15) is 79.6 Å². The predicted molar refractivity (Wildman–Crippen MR) is 213 cm³/mol. The first kappa shape index (κ1) is 44.7. The van der Waals surface area contributed by atoms with Gasteiger partial charge in [-0.1, -0.05) is 26.0 Å². The molecule has 3 N–H and O–H groups in total. The van der Waals surface area contributed by atoms with Gasteiger partial charge in [0.1, 0.15) is 40.7 Å². The quantitative estimate of drug-likeness (QED) is 0.251. The van der Waals surface area contributed by atoms with Gasteiger partial charge in [0.25, 0.3) is 11.8 Å². The smallest absolute Gasteiger partial charge is 0.408 e. The third-order valence-electron chi connectivity index (χ3n) is 12.9. The Morgan fingerprint density at radius 3 is 2.37 bits per heavy atom. The number of amides is 4. The number of carbonyl (C=O) groups is 4. The fourth-order valence-electron chi connectivity index (χ4n) is 8.54. The minimum atomic E-state index is -4.48. The summed E-state index contributed by atoms with van der Waals surface area (Å²) in [5.41, 5.74) is -4.21. The highest BCUT2D eigenvalue weighted by molar-refractivity contribution is 7.91. The zero-order valence-electron chi connectivity index (χ0n) is 34.8. The van der Waals surface area contributed by atoms with Crippen LogP contribution in [-0.2, 0) is 24.4 Å². The molecular weight excluding hydrogens is 812 g/mol. The Bertz CT molecular complexity index is 2160. The number of alkyl halides is 3. The highest BCUT2D eigenvalue weighted by atomic mass is 32.2. The lowest BCUT2D eigenvalue weighted by molar-refractivity contribution is -0.156. The number of hydrogen-bond donors (Lipinski definition) is 3. The zero-order chi connectivity index (χ0) is 44.2. The average Bonchev–Trinajstić information content (AvgIpc) is 4.08. The average molecular weight is 866 g/mol. The Labute approximate surface area is 347 Å². The summed E-state index contributed by atoms with van der Waals surface area (Å²) < 4.78 is 88.7. The number of fused-ring (bicyclic) bond motifs is 3. The van der Waals surface area contributed by atoms with Gasteiger partial charge in [0.2, 0.25) is 27.7 Å². The van der Waals surface area contributed by atoms with E-state index in [0.29, 0.717) is 46.9 Å². The van der Waals surface area contributed by atoms with E-state index in [0.717, 1.165) is 18.7 Å². The second-order valence-corrected chi connectivity index (χ2v) is 19.5. The molecule has 6 rings (SSSR count). The SMILES string of the molecule is COc1cc2ccnc(O[C@@H]3C[C@H]4C(=O)N[C@]5(C(=O)NS(=O)(=O)C6(CF)CC6)C[C@H]5C=CCC[C@H](C)C[C@@H](C)[C@H](N(C(=O)O)C(C)(C)C(C)(F)F)C(=O)N4C3)c2cc1OC. The Morgan fingerprint density at radius 1 is 1.10 bits per heavy atom. The van der Waals surface area contributed by atoms with Crippen LogP contribution in [0.4, 0.5) is 18.0 Å². The Morgan fingerprint density at radius 2 is 1.77 bits per heavy atom. The lowest BCUT2D eigenvalue weighted by Crippen LogP contribution is -2.66.